The van der Waals surface area contributed by atoms with Crippen molar-refractivity contribution in [3.8, 4) is 23.6 Å². The maximum atomic E-state index is 13.2. The number of aromatic nitrogens is 1. The predicted molar refractivity (Wildman–Crippen MR) is 132 cm³/mol. The second-order valence-electron chi connectivity index (χ2n) is 8.10. The second kappa shape index (κ2) is 10.7. The first-order valence-electron chi connectivity index (χ1n) is 11.1. The summed E-state index contributed by atoms with van der Waals surface area (Å²) in [7, 11) is 1.61. The number of likely N-dealkylation sites (N-methyl/N-ethyl adjacent to an activating group) is 1. The number of nitrogens with one attached hydrogen (secondary N) is 1. The molecule has 34 heavy (non-hydrogen) atoms. The molecule has 0 spiro atoms. The molecular weight excluding hydrogens is 426 g/mol. The average Bonchev–Trinajstić information content (AvgIpc) is 3.10. The summed E-state index contributed by atoms with van der Waals surface area (Å²) in [5.74, 6) is 0.993. The van der Waals surface area contributed by atoms with Crippen LogP contribution in [-0.4, -0.2) is 35.6 Å². The van der Waals surface area contributed by atoms with Gasteiger partial charge in [0.2, 0.25) is 5.91 Å². The van der Waals surface area contributed by atoms with Gasteiger partial charge in [0.05, 0.1) is 30.9 Å². The topological polar surface area (TPSA) is 94.1 Å². The summed E-state index contributed by atoms with van der Waals surface area (Å²) in [5, 5.41) is 21.8. The Morgan fingerprint density at radius 3 is 2.26 bits per heavy atom. The number of ether oxygens (including phenoxy) is 1. The van der Waals surface area contributed by atoms with Crippen LogP contribution in [0.3, 0.4) is 0 Å². The fourth-order valence-corrected chi connectivity index (χ4v) is 4.04. The number of nitrogens with zero attached hydrogens (tertiary/aromatic N) is 4. The monoisotopic (exact) mass is 455 g/mol. The van der Waals surface area contributed by atoms with Crippen LogP contribution in [0.4, 0.5) is 5.82 Å². The molecule has 0 fully saturated rings. The number of anilines is 1. The van der Waals surface area contributed by atoms with E-state index in [4.69, 9.17) is 10.00 Å². The van der Waals surface area contributed by atoms with E-state index in [1.807, 2.05) is 73.6 Å². The summed E-state index contributed by atoms with van der Waals surface area (Å²) in [5.41, 5.74) is 4.62. The van der Waals surface area contributed by atoms with Crippen molar-refractivity contribution in [1.29, 1.82) is 10.5 Å². The van der Waals surface area contributed by atoms with Gasteiger partial charge in [-0.15, -0.1) is 0 Å². The number of rotatable bonds is 8. The molecule has 0 aliphatic carbocycles. The molecule has 1 amide bonds. The van der Waals surface area contributed by atoms with Gasteiger partial charge in [0.25, 0.3) is 0 Å². The minimum Gasteiger partial charge on any atom is -0.497 e. The number of amides is 1. The SMILES string of the molecule is CCN(CC(=O)Nc1c(C#N)c(C)c(C)n1-c1ccc(OC)cc1)C(C)c1ccc(C#N)cc1. The van der Waals surface area contributed by atoms with Crippen LogP contribution in [0.5, 0.6) is 5.75 Å². The van der Waals surface area contributed by atoms with Gasteiger partial charge in [0.15, 0.2) is 0 Å². The summed E-state index contributed by atoms with van der Waals surface area (Å²) in [6.07, 6.45) is 0. The van der Waals surface area contributed by atoms with Gasteiger partial charge in [-0.05, 0) is 74.8 Å². The van der Waals surface area contributed by atoms with Crippen LogP contribution < -0.4 is 10.1 Å². The van der Waals surface area contributed by atoms with Crippen molar-refractivity contribution in [2.75, 3.05) is 25.5 Å². The summed E-state index contributed by atoms with van der Waals surface area (Å²) in [6, 6.07) is 19.2. The van der Waals surface area contributed by atoms with E-state index in [9.17, 15) is 10.1 Å². The first-order valence-corrected chi connectivity index (χ1v) is 11.1. The van der Waals surface area contributed by atoms with Gasteiger partial charge >= 0.3 is 0 Å². The van der Waals surface area contributed by atoms with E-state index in [0.29, 0.717) is 23.5 Å². The second-order valence-corrected chi connectivity index (χ2v) is 8.10. The van der Waals surface area contributed by atoms with E-state index >= 15 is 0 Å². The summed E-state index contributed by atoms with van der Waals surface area (Å²) in [4.78, 5) is 15.2. The number of hydrogen-bond acceptors (Lipinski definition) is 5. The summed E-state index contributed by atoms with van der Waals surface area (Å²) >= 11 is 0. The molecular formula is C27H29N5O2. The molecule has 7 nitrogen and oxygen atoms in total. The van der Waals surface area contributed by atoms with Crippen molar-refractivity contribution in [1.82, 2.24) is 9.47 Å². The maximum absolute atomic E-state index is 13.2. The van der Waals surface area contributed by atoms with Gasteiger partial charge in [-0.2, -0.15) is 10.5 Å². The lowest BCUT2D eigenvalue weighted by atomic mass is 10.0. The maximum Gasteiger partial charge on any atom is 0.239 e. The van der Waals surface area contributed by atoms with Crippen molar-refractivity contribution in [3.63, 3.8) is 0 Å². The van der Waals surface area contributed by atoms with Crippen LogP contribution in [0.25, 0.3) is 5.69 Å². The number of methoxy groups -OCH3 is 1. The quantitative estimate of drug-likeness (QED) is 0.523. The number of nitriles is 2. The Balaban J connectivity index is 1.87. The molecule has 3 aromatic rings. The first-order chi connectivity index (χ1) is 16.3. The molecule has 0 bridgehead atoms. The highest BCUT2D eigenvalue weighted by atomic mass is 16.5. The van der Waals surface area contributed by atoms with Crippen LogP contribution in [0.1, 0.15) is 47.8 Å². The third-order valence-corrected chi connectivity index (χ3v) is 6.24. The minimum absolute atomic E-state index is 0.0178. The fourth-order valence-electron chi connectivity index (χ4n) is 4.04. The molecule has 1 unspecified atom stereocenters. The molecule has 2 aromatic carbocycles. The van der Waals surface area contributed by atoms with E-state index < -0.39 is 0 Å². The van der Waals surface area contributed by atoms with Crippen molar-refractivity contribution < 1.29 is 9.53 Å². The molecule has 7 heteroatoms. The van der Waals surface area contributed by atoms with Crippen LogP contribution >= 0.6 is 0 Å². The van der Waals surface area contributed by atoms with Gasteiger partial charge < -0.3 is 10.1 Å². The molecule has 0 saturated carbocycles. The zero-order valence-electron chi connectivity index (χ0n) is 20.2. The minimum atomic E-state index is -0.203. The largest absolute Gasteiger partial charge is 0.497 e. The molecule has 1 N–H and O–H groups in total. The molecule has 0 aliphatic heterocycles. The highest BCUT2D eigenvalue weighted by molar-refractivity contribution is 5.93. The van der Waals surface area contributed by atoms with Gasteiger partial charge in [-0.1, -0.05) is 19.1 Å². The van der Waals surface area contributed by atoms with E-state index in [1.165, 1.54) is 0 Å². The predicted octanol–water partition coefficient (Wildman–Crippen LogP) is 4.87. The summed E-state index contributed by atoms with van der Waals surface area (Å²) < 4.78 is 7.15. The zero-order valence-corrected chi connectivity index (χ0v) is 20.2. The Bertz CT molecular complexity index is 1240. The summed E-state index contributed by atoms with van der Waals surface area (Å²) in [6.45, 7) is 8.68. The lowest BCUT2D eigenvalue weighted by Crippen LogP contribution is -2.35. The molecule has 1 heterocycles. The van der Waals surface area contributed by atoms with E-state index in [2.05, 4.69) is 17.5 Å². The fraction of sp³-hybridized carbons (Fsp3) is 0.296. The van der Waals surface area contributed by atoms with Crippen molar-refractivity contribution in [3.05, 3.63) is 76.5 Å². The van der Waals surface area contributed by atoms with E-state index in [1.54, 1.807) is 19.2 Å². The average molecular weight is 456 g/mol. The number of hydrogen-bond donors (Lipinski definition) is 1. The van der Waals surface area contributed by atoms with Crippen molar-refractivity contribution >= 4 is 11.7 Å². The molecule has 0 aliphatic rings. The third kappa shape index (κ3) is 4.96. The van der Waals surface area contributed by atoms with E-state index in [-0.39, 0.29) is 18.5 Å². The first kappa shape index (κ1) is 24.6. The lowest BCUT2D eigenvalue weighted by molar-refractivity contribution is -0.117. The molecule has 3 rings (SSSR count). The van der Waals surface area contributed by atoms with Crippen LogP contribution in [-0.2, 0) is 4.79 Å². The van der Waals surface area contributed by atoms with Gasteiger partial charge in [0, 0.05) is 17.4 Å². The van der Waals surface area contributed by atoms with E-state index in [0.717, 1.165) is 28.3 Å². The Morgan fingerprint density at radius 1 is 1.09 bits per heavy atom. The van der Waals surface area contributed by atoms with Crippen LogP contribution in [0.2, 0.25) is 0 Å². The Kier molecular flexibility index (Phi) is 7.73. The highest BCUT2D eigenvalue weighted by Crippen LogP contribution is 2.31. The number of benzene rings is 2. The Labute approximate surface area is 200 Å². The Hall–Kier alpha value is -4.07. The number of carbonyl (C=O) groups is 1. The molecule has 0 radical (unpaired) electrons. The van der Waals surface area contributed by atoms with Crippen LogP contribution in [0, 0.1) is 36.5 Å². The zero-order chi connectivity index (χ0) is 24.8. The normalized spacial score (nSPS) is 11.5. The molecule has 1 aromatic heterocycles. The number of carbonyl (C=O) groups excluding carboxylic acids is 1. The molecule has 174 valence electrons. The third-order valence-electron chi connectivity index (χ3n) is 6.24. The Morgan fingerprint density at radius 2 is 1.74 bits per heavy atom. The van der Waals surface area contributed by atoms with Crippen LogP contribution in [0.15, 0.2) is 48.5 Å². The van der Waals surface area contributed by atoms with Crippen molar-refractivity contribution in [2.24, 2.45) is 0 Å². The van der Waals surface area contributed by atoms with Gasteiger partial charge in [-0.25, -0.2) is 0 Å². The smallest absolute Gasteiger partial charge is 0.239 e. The highest BCUT2D eigenvalue weighted by Gasteiger charge is 2.23. The molecule has 1 atom stereocenters. The molecule has 0 saturated heterocycles. The van der Waals surface area contributed by atoms with Gasteiger partial charge in [-0.3, -0.25) is 14.3 Å². The lowest BCUT2D eigenvalue weighted by Gasteiger charge is -2.27. The van der Waals surface area contributed by atoms with Gasteiger partial charge in [0.1, 0.15) is 17.6 Å². The standard InChI is InChI=1S/C27H29N5O2/c1-6-31(20(4)22-9-7-21(15-28)8-10-22)17-26(33)30-27-25(16-29)18(2)19(3)32(27)23-11-13-24(34-5)14-12-23/h7-14,20H,6,17H2,1-5H3,(H,30,33). The van der Waals surface area contributed by atoms with Crippen molar-refractivity contribution in [2.45, 2.75) is 33.7 Å².